The molecule has 37 heavy (non-hydrogen) atoms. The maximum Gasteiger partial charge on any atom is 0.258 e. The van der Waals surface area contributed by atoms with E-state index in [2.05, 4.69) is 4.90 Å². The summed E-state index contributed by atoms with van der Waals surface area (Å²) < 4.78 is 24.3. The van der Waals surface area contributed by atoms with E-state index in [1.54, 1.807) is 51.5 Å². The molecule has 3 aromatic rings. The fourth-order valence-electron chi connectivity index (χ4n) is 4.23. The first kappa shape index (κ1) is 26.8. The van der Waals surface area contributed by atoms with E-state index in [1.807, 2.05) is 23.6 Å². The molecule has 1 aromatic heterocycles. The monoisotopic (exact) mass is 525 g/mol. The Morgan fingerprint density at radius 3 is 2.46 bits per heavy atom. The Hall–Kier alpha value is -3.27. The van der Waals surface area contributed by atoms with E-state index in [-0.39, 0.29) is 24.2 Å². The number of benzene rings is 2. The molecule has 0 N–H and O–H groups in total. The first-order valence-electron chi connectivity index (χ1n) is 12.3. The number of methoxy groups -OCH3 is 1. The third-order valence-corrected chi connectivity index (χ3v) is 7.17. The molecule has 0 bridgehead atoms. The summed E-state index contributed by atoms with van der Waals surface area (Å²) in [6.45, 7) is 4.59. The van der Waals surface area contributed by atoms with Crippen LogP contribution in [0, 0.1) is 5.82 Å². The van der Waals surface area contributed by atoms with Crippen molar-refractivity contribution in [1.82, 2.24) is 14.7 Å². The molecule has 1 saturated heterocycles. The van der Waals surface area contributed by atoms with Crippen molar-refractivity contribution in [3.05, 3.63) is 87.9 Å². The fraction of sp³-hybridized carbons (Fsp3) is 0.357. The number of ether oxygens (including phenoxy) is 2. The topological polar surface area (TPSA) is 62.3 Å². The normalized spacial score (nSPS) is 13.8. The lowest BCUT2D eigenvalue weighted by molar-refractivity contribution is -0.133. The minimum atomic E-state index is -0.323. The number of nitrogens with zero attached hydrogens (tertiary/aromatic N) is 3. The minimum absolute atomic E-state index is 0.0756. The summed E-state index contributed by atoms with van der Waals surface area (Å²) in [6, 6.07) is 17.1. The minimum Gasteiger partial charge on any atom is -0.496 e. The molecule has 196 valence electrons. The van der Waals surface area contributed by atoms with Crippen LogP contribution >= 0.6 is 11.3 Å². The molecule has 0 spiro atoms. The van der Waals surface area contributed by atoms with Crippen LogP contribution < -0.4 is 4.74 Å². The van der Waals surface area contributed by atoms with E-state index in [4.69, 9.17) is 9.47 Å². The summed E-state index contributed by atoms with van der Waals surface area (Å²) in [5, 5.41) is 1.97. The lowest BCUT2D eigenvalue weighted by atomic mass is 10.1. The zero-order valence-corrected chi connectivity index (χ0v) is 21.8. The summed E-state index contributed by atoms with van der Waals surface area (Å²) in [6.07, 6.45) is 0. The lowest BCUT2D eigenvalue weighted by Gasteiger charge is -2.31. The highest BCUT2D eigenvalue weighted by molar-refractivity contribution is 7.09. The van der Waals surface area contributed by atoms with Gasteiger partial charge < -0.3 is 19.3 Å². The summed E-state index contributed by atoms with van der Waals surface area (Å²) in [5.74, 6) is -0.283. The van der Waals surface area contributed by atoms with Crippen LogP contribution in [0.15, 0.2) is 66.0 Å². The second-order valence-corrected chi connectivity index (χ2v) is 9.87. The third kappa shape index (κ3) is 7.61. The van der Waals surface area contributed by atoms with Gasteiger partial charge in [-0.05, 0) is 41.3 Å². The van der Waals surface area contributed by atoms with Gasteiger partial charge in [0.1, 0.15) is 18.1 Å². The zero-order chi connectivity index (χ0) is 26.0. The van der Waals surface area contributed by atoms with Crippen LogP contribution in [0.4, 0.5) is 4.39 Å². The number of hydrogen-bond acceptors (Lipinski definition) is 6. The predicted octanol–water partition coefficient (Wildman–Crippen LogP) is 3.90. The molecule has 1 aliphatic heterocycles. The average Bonchev–Trinajstić information content (AvgIpc) is 3.45. The van der Waals surface area contributed by atoms with Crippen LogP contribution in [0.3, 0.4) is 0 Å². The van der Waals surface area contributed by atoms with Crippen LogP contribution in [-0.2, 0) is 22.6 Å². The predicted molar refractivity (Wildman–Crippen MR) is 141 cm³/mol. The summed E-state index contributed by atoms with van der Waals surface area (Å²) in [7, 11) is 1.53. The first-order chi connectivity index (χ1) is 18.0. The van der Waals surface area contributed by atoms with E-state index in [1.165, 1.54) is 19.2 Å². The molecule has 1 fully saturated rings. The average molecular weight is 526 g/mol. The van der Waals surface area contributed by atoms with Gasteiger partial charge in [-0.3, -0.25) is 14.5 Å². The quantitative estimate of drug-likeness (QED) is 0.380. The van der Waals surface area contributed by atoms with Crippen LogP contribution in [0.2, 0.25) is 0 Å². The number of carbonyl (C=O) groups is 2. The van der Waals surface area contributed by atoms with Crippen molar-refractivity contribution in [1.29, 1.82) is 0 Å². The Kier molecular flexibility index (Phi) is 9.65. The molecule has 2 aromatic carbocycles. The van der Waals surface area contributed by atoms with Gasteiger partial charge in [0.05, 0.1) is 32.4 Å². The number of para-hydroxylation sites is 1. The molecule has 7 nitrogen and oxygen atoms in total. The Labute approximate surface area is 221 Å². The van der Waals surface area contributed by atoms with Crippen molar-refractivity contribution >= 4 is 23.2 Å². The number of rotatable bonds is 11. The van der Waals surface area contributed by atoms with E-state index >= 15 is 0 Å². The van der Waals surface area contributed by atoms with Gasteiger partial charge in [-0.25, -0.2) is 4.39 Å². The highest BCUT2D eigenvalue weighted by Gasteiger charge is 2.25. The van der Waals surface area contributed by atoms with Crippen LogP contribution in [0.1, 0.15) is 20.8 Å². The van der Waals surface area contributed by atoms with E-state index < -0.39 is 0 Å². The fourth-order valence-corrected chi connectivity index (χ4v) is 4.95. The number of halogens is 1. The number of hydrogen-bond donors (Lipinski definition) is 0. The SMILES string of the molecule is COc1ccccc1C(=O)N(CCN1CCOCC1)CC(=O)N(Cc1ccc(F)cc1)Cc1cccs1. The highest BCUT2D eigenvalue weighted by atomic mass is 32.1. The molecule has 0 atom stereocenters. The second kappa shape index (κ2) is 13.3. The Balaban J connectivity index is 1.54. The highest BCUT2D eigenvalue weighted by Crippen LogP contribution is 2.21. The molecule has 4 rings (SSSR count). The summed E-state index contributed by atoms with van der Waals surface area (Å²) in [5.41, 5.74) is 1.24. The summed E-state index contributed by atoms with van der Waals surface area (Å²) >= 11 is 1.57. The molecule has 9 heteroatoms. The third-order valence-electron chi connectivity index (χ3n) is 6.31. The van der Waals surface area contributed by atoms with Crippen molar-refractivity contribution in [2.45, 2.75) is 13.1 Å². The summed E-state index contributed by atoms with van der Waals surface area (Å²) in [4.78, 5) is 33.9. The molecule has 0 aliphatic carbocycles. The number of morpholine rings is 1. The van der Waals surface area contributed by atoms with Gasteiger partial charge in [0.15, 0.2) is 0 Å². The molecule has 2 heterocycles. The van der Waals surface area contributed by atoms with Gasteiger partial charge in [0.2, 0.25) is 5.91 Å². The maximum absolute atomic E-state index is 13.7. The Morgan fingerprint density at radius 1 is 1.00 bits per heavy atom. The number of carbonyl (C=O) groups excluding carboxylic acids is 2. The molecular formula is C28H32FN3O4S. The van der Waals surface area contributed by atoms with E-state index in [0.29, 0.717) is 50.7 Å². The van der Waals surface area contributed by atoms with E-state index in [0.717, 1.165) is 23.5 Å². The van der Waals surface area contributed by atoms with Crippen LogP contribution in [-0.4, -0.2) is 79.6 Å². The van der Waals surface area contributed by atoms with Gasteiger partial charge in [0.25, 0.3) is 5.91 Å². The largest absolute Gasteiger partial charge is 0.496 e. The molecule has 0 saturated carbocycles. The Morgan fingerprint density at radius 2 is 1.76 bits per heavy atom. The zero-order valence-electron chi connectivity index (χ0n) is 21.0. The lowest BCUT2D eigenvalue weighted by Crippen LogP contribution is -2.47. The van der Waals surface area contributed by atoms with Crippen molar-refractivity contribution in [3.63, 3.8) is 0 Å². The van der Waals surface area contributed by atoms with E-state index in [9.17, 15) is 14.0 Å². The van der Waals surface area contributed by atoms with Crippen LogP contribution in [0.5, 0.6) is 5.75 Å². The van der Waals surface area contributed by atoms with Crippen LogP contribution in [0.25, 0.3) is 0 Å². The first-order valence-corrected chi connectivity index (χ1v) is 13.2. The maximum atomic E-state index is 13.7. The number of thiophene rings is 1. The van der Waals surface area contributed by atoms with Crippen molar-refractivity contribution < 1.29 is 23.5 Å². The van der Waals surface area contributed by atoms with Gasteiger partial charge >= 0.3 is 0 Å². The van der Waals surface area contributed by atoms with Crippen molar-refractivity contribution in [3.8, 4) is 5.75 Å². The number of amides is 2. The van der Waals surface area contributed by atoms with Crippen molar-refractivity contribution in [2.24, 2.45) is 0 Å². The van der Waals surface area contributed by atoms with Gasteiger partial charge in [-0.15, -0.1) is 11.3 Å². The second-order valence-electron chi connectivity index (χ2n) is 8.84. The standard InChI is InChI=1S/C28H32FN3O4S/c1-35-26-7-3-2-6-25(26)28(34)31(13-12-30-14-16-36-17-15-30)21-27(33)32(20-24-5-4-18-37-24)19-22-8-10-23(29)11-9-22/h2-11,18H,12-17,19-21H2,1H3. The molecule has 2 amide bonds. The van der Waals surface area contributed by atoms with Gasteiger partial charge in [0, 0.05) is 37.6 Å². The van der Waals surface area contributed by atoms with Gasteiger partial charge in [-0.2, -0.15) is 0 Å². The smallest absolute Gasteiger partial charge is 0.258 e. The molecule has 0 radical (unpaired) electrons. The molecule has 1 aliphatic rings. The van der Waals surface area contributed by atoms with Gasteiger partial charge in [-0.1, -0.05) is 30.3 Å². The Bertz CT molecular complexity index is 1150. The van der Waals surface area contributed by atoms with Crippen molar-refractivity contribution in [2.75, 3.05) is 53.0 Å². The molecular weight excluding hydrogens is 493 g/mol. The molecule has 0 unspecified atom stereocenters.